The molecule has 6 N–H and O–H groups in total. The number of rotatable bonds is 6. The van der Waals surface area contributed by atoms with Gasteiger partial charge in [-0.3, -0.25) is 5.32 Å². The molecule has 0 atom stereocenters. The summed E-state index contributed by atoms with van der Waals surface area (Å²) in [5.41, 5.74) is 9.43. The number of nitrogens with zero attached hydrogens (tertiary/aromatic N) is 1. The maximum absolute atomic E-state index is 11.1. The van der Waals surface area contributed by atoms with Gasteiger partial charge in [-0.05, 0) is 46.2 Å². The molecule has 6 rings (SSSR count). The zero-order valence-corrected chi connectivity index (χ0v) is 27.3. The topological polar surface area (TPSA) is 168 Å². The van der Waals surface area contributed by atoms with Crippen molar-refractivity contribution in [1.29, 1.82) is 0 Å². The fourth-order valence-corrected chi connectivity index (χ4v) is 5.19. The van der Waals surface area contributed by atoms with Gasteiger partial charge in [0.15, 0.2) is 5.58 Å². The van der Waals surface area contributed by atoms with Crippen molar-refractivity contribution in [2.24, 2.45) is 5.73 Å². The average molecular weight is 662 g/mol. The Morgan fingerprint density at radius 2 is 1.39 bits per heavy atom. The van der Waals surface area contributed by atoms with E-state index in [1.165, 1.54) is 0 Å². The smallest absolute Gasteiger partial charge is 0.445 e. The molecule has 0 saturated heterocycles. The lowest BCUT2D eigenvalue weighted by atomic mass is 9.94. The highest BCUT2D eigenvalue weighted by Crippen LogP contribution is 2.34. The molecule has 0 aliphatic heterocycles. The lowest BCUT2D eigenvalue weighted by molar-refractivity contribution is 0.163. The Balaban J connectivity index is 0.000000232. The summed E-state index contributed by atoms with van der Waals surface area (Å²) in [6.45, 7) is 11.7. The summed E-state index contributed by atoms with van der Waals surface area (Å²) < 4.78 is 6.28. The van der Waals surface area contributed by atoms with Crippen LogP contribution in [0.5, 0.6) is 0 Å². The van der Waals surface area contributed by atoms with Gasteiger partial charge in [0.1, 0.15) is 5.52 Å². The third kappa shape index (κ3) is 9.26. The van der Waals surface area contributed by atoms with Crippen LogP contribution in [0, 0.1) is 0 Å². The summed E-state index contributed by atoms with van der Waals surface area (Å²) in [6, 6.07) is 22.9. The molecule has 2 amide bonds. The molecule has 1 aliphatic rings. The number of nitrogens with one attached hydrogen (secondary N) is 1. The number of anilines is 1. The number of fused-ring (bicyclic) bond motifs is 6. The monoisotopic (exact) mass is 661 g/mol. The molecule has 0 bridgehead atoms. The van der Waals surface area contributed by atoms with Gasteiger partial charge in [-0.2, -0.15) is 0 Å². The van der Waals surface area contributed by atoms with Gasteiger partial charge in [0.2, 0.25) is 0 Å². The lowest BCUT2D eigenvalue weighted by Crippen LogP contribution is -2.32. The minimum Gasteiger partial charge on any atom is -0.465 e. The molecule has 1 aliphatic carbocycles. The Labute approximate surface area is 283 Å². The minimum atomic E-state index is -1.33. The molecular formula is C39H39N3O7. The van der Waals surface area contributed by atoms with E-state index in [9.17, 15) is 9.59 Å². The second-order valence-electron chi connectivity index (χ2n) is 10.1. The number of carbonyl (C=O) groups is 3. The van der Waals surface area contributed by atoms with Crippen LogP contribution in [0.25, 0.3) is 50.7 Å². The summed E-state index contributed by atoms with van der Waals surface area (Å²) in [7, 11) is 0. The van der Waals surface area contributed by atoms with Crippen molar-refractivity contribution >= 4 is 63.6 Å². The van der Waals surface area contributed by atoms with Gasteiger partial charge in [0.05, 0.1) is 5.69 Å². The van der Waals surface area contributed by atoms with Crippen LogP contribution in [0.4, 0.5) is 20.1 Å². The van der Waals surface area contributed by atoms with Crippen molar-refractivity contribution in [2.45, 2.75) is 26.7 Å². The second-order valence-corrected chi connectivity index (χ2v) is 10.1. The molecule has 49 heavy (non-hydrogen) atoms. The molecule has 0 spiro atoms. The Bertz CT molecular complexity index is 2160. The normalized spacial score (nSPS) is 11.4. The van der Waals surface area contributed by atoms with Gasteiger partial charge < -0.3 is 25.6 Å². The third-order valence-corrected chi connectivity index (χ3v) is 7.03. The number of allylic oxidation sites excluding steroid dienone is 6. The first-order valence-electron chi connectivity index (χ1n) is 15.4. The van der Waals surface area contributed by atoms with E-state index in [2.05, 4.69) is 36.4 Å². The molecule has 10 heteroatoms. The summed E-state index contributed by atoms with van der Waals surface area (Å²) in [5.74, 6) is 0. The standard InChI is InChI=1S/C21H19NO2.C15H11NO3.C2H6.CH3NO2/c1-3-4-5-6-11-16(2)17-12-7-8-13-18(17)19-14-9-10-15-20(19)22-21(23)24;17-15(18)16-13-11-7-3-1-5-9(11)10-6-2-4-8-12(10)14(13)19-16;1-2;2-1(3)4/h3-15,22H,1-2H2,(H,23,24);1,3,5-8H,2,4H2,(H,17,18);1-2H3;2H2,(H,3,4)/b5-4+,11-6+;;;. The fourth-order valence-electron chi connectivity index (χ4n) is 5.19. The van der Waals surface area contributed by atoms with Crippen LogP contribution in [0.1, 0.15) is 32.3 Å². The second kappa shape index (κ2) is 18.0. The molecule has 1 heterocycles. The number of aromatic nitrogens is 1. The van der Waals surface area contributed by atoms with Gasteiger partial charge >= 0.3 is 18.3 Å². The van der Waals surface area contributed by atoms with E-state index in [4.69, 9.17) is 24.6 Å². The van der Waals surface area contributed by atoms with Crippen LogP contribution in [0.2, 0.25) is 0 Å². The summed E-state index contributed by atoms with van der Waals surface area (Å²) in [5, 5.41) is 32.0. The van der Waals surface area contributed by atoms with Crippen molar-refractivity contribution in [1.82, 2.24) is 4.74 Å². The molecule has 0 radical (unpaired) electrons. The highest BCUT2D eigenvalue weighted by molar-refractivity contribution is 6.07. The Kier molecular flexibility index (Phi) is 13.5. The predicted molar refractivity (Wildman–Crippen MR) is 197 cm³/mol. The summed E-state index contributed by atoms with van der Waals surface area (Å²) >= 11 is 0. The highest BCUT2D eigenvalue weighted by atomic mass is 16.6. The number of carboxylic acid groups (broad SMARTS) is 3. The zero-order chi connectivity index (χ0) is 35.9. The number of primary amides is 1. The molecule has 10 nitrogen and oxygen atoms in total. The van der Waals surface area contributed by atoms with Crippen LogP contribution in [-0.2, 0) is 0 Å². The van der Waals surface area contributed by atoms with E-state index >= 15 is 0 Å². The first-order chi connectivity index (χ1) is 23.6. The van der Waals surface area contributed by atoms with E-state index in [1.54, 1.807) is 18.2 Å². The van der Waals surface area contributed by atoms with Gasteiger partial charge in [-0.25, -0.2) is 14.4 Å². The average Bonchev–Trinajstić information content (AvgIpc) is 3.07. The quantitative estimate of drug-likeness (QED) is 0.113. The van der Waals surface area contributed by atoms with Crippen molar-refractivity contribution in [3.63, 3.8) is 0 Å². The van der Waals surface area contributed by atoms with Crippen LogP contribution < -0.4 is 21.5 Å². The van der Waals surface area contributed by atoms with E-state index in [1.807, 2.05) is 98.8 Å². The Morgan fingerprint density at radius 1 is 0.816 bits per heavy atom. The number of nitrogens with two attached hydrogens (primary N) is 1. The third-order valence-electron chi connectivity index (χ3n) is 7.03. The molecular weight excluding hydrogens is 622 g/mol. The molecule has 1 aromatic heterocycles. The highest BCUT2D eigenvalue weighted by Gasteiger charge is 2.20. The molecule has 252 valence electrons. The van der Waals surface area contributed by atoms with Crippen LogP contribution in [0.15, 0.2) is 121 Å². The van der Waals surface area contributed by atoms with Gasteiger partial charge in [0, 0.05) is 16.2 Å². The number of para-hydroxylation sites is 1. The summed E-state index contributed by atoms with van der Waals surface area (Å²) in [6.07, 6.45) is 12.0. The predicted octanol–water partition coefficient (Wildman–Crippen LogP) is 8.67. The van der Waals surface area contributed by atoms with E-state index < -0.39 is 18.3 Å². The van der Waals surface area contributed by atoms with Gasteiger partial charge in [-0.1, -0.05) is 136 Å². The SMILES string of the molecule is C=C/C=C/C=C/C(=C)c1ccccc1-c1ccccc1NC(=O)O.CC.NC(=O)O.O=C(O)n1oc2c3c(c4ccccc4c21)=CCCC=3. The maximum atomic E-state index is 11.1. The van der Waals surface area contributed by atoms with Crippen molar-refractivity contribution < 1.29 is 34.2 Å². The van der Waals surface area contributed by atoms with E-state index in [-0.39, 0.29) is 0 Å². The van der Waals surface area contributed by atoms with Crippen LogP contribution >= 0.6 is 0 Å². The first kappa shape index (κ1) is 36.9. The van der Waals surface area contributed by atoms with Crippen molar-refractivity contribution in [3.8, 4) is 11.1 Å². The van der Waals surface area contributed by atoms with E-state index in [0.29, 0.717) is 16.8 Å². The zero-order valence-electron chi connectivity index (χ0n) is 27.3. The minimum absolute atomic E-state index is 0.542. The van der Waals surface area contributed by atoms with Crippen LogP contribution in [0.3, 0.4) is 0 Å². The fraction of sp³-hybridized carbons (Fsp3) is 0.103. The Hall–Kier alpha value is -6.55. The molecule has 0 fully saturated rings. The molecule has 0 unspecified atom stereocenters. The van der Waals surface area contributed by atoms with Crippen LogP contribution in [-0.4, -0.2) is 38.3 Å². The van der Waals surface area contributed by atoms with Crippen molar-refractivity contribution in [3.05, 3.63) is 132 Å². The number of hydrogen-bond donors (Lipinski definition) is 5. The van der Waals surface area contributed by atoms with Gasteiger partial charge in [0.25, 0.3) is 0 Å². The number of hydrogen-bond acceptors (Lipinski definition) is 4. The maximum Gasteiger partial charge on any atom is 0.445 e. The molecule has 5 aromatic rings. The molecule has 0 saturated carbocycles. The van der Waals surface area contributed by atoms with Crippen molar-refractivity contribution in [2.75, 3.05) is 5.32 Å². The first-order valence-corrected chi connectivity index (χ1v) is 15.4. The number of benzene rings is 4. The van der Waals surface area contributed by atoms with Gasteiger partial charge in [-0.15, -0.1) is 4.74 Å². The van der Waals surface area contributed by atoms with E-state index in [0.717, 1.165) is 61.1 Å². The molecule has 4 aromatic carbocycles. The Morgan fingerprint density at radius 3 is 2.02 bits per heavy atom. The summed E-state index contributed by atoms with van der Waals surface area (Å²) in [4.78, 5) is 30.9. The largest absolute Gasteiger partial charge is 0.465 e. The number of amides is 2. The lowest BCUT2D eigenvalue weighted by Gasteiger charge is -2.15.